The van der Waals surface area contributed by atoms with Crippen molar-refractivity contribution < 1.29 is 22.3 Å². The number of hydrogen-bond donors (Lipinski definition) is 1. The summed E-state index contributed by atoms with van der Waals surface area (Å²) in [6, 6.07) is 13.1. The summed E-state index contributed by atoms with van der Waals surface area (Å²) in [4.78, 5) is 13.5. The van der Waals surface area contributed by atoms with E-state index in [9.17, 15) is 12.8 Å². The van der Waals surface area contributed by atoms with E-state index in [0.29, 0.717) is 45.6 Å². The third-order valence-corrected chi connectivity index (χ3v) is 10.0. The summed E-state index contributed by atoms with van der Waals surface area (Å²) in [6.07, 6.45) is 7.05. The van der Waals surface area contributed by atoms with Crippen molar-refractivity contribution in [3.63, 3.8) is 0 Å². The smallest absolute Gasteiger partial charge is 0.214 e. The van der Waals surface area contributed by atoms with E-state index >= 15 is 0 Å². The zero-order valence-corrected chi connectivity index (χ0v) is 25.8. The highest BCUT2D eigenvalue weighted by atomic mass is 79.9. The van der Waals surface area contributed by atoms with E-state index in [-0.39, 0.29) is 18.2 Å². The maximum atomic E-state index is 13.5. The number of likely N-dealkylation sites (N-methyl/N-ethyl adjacent to an activating group) is 1. The second kappa shape index (κ2) is 12.3. The zero-order valence-electron chi connectivity index (χ0n) is 23.4. The fraction of sp³-hybridized carbons (Fsp3) is 0.300. The van der Waals surface area contributed by atoms with Crippen molar-refractivity contribution >= 4 is 48.4 Å². The second-order valence-corrected chi connectivity index (χ2v) is 12.9. The molecule has 2 unspecified atom stereocenters. The highest BCUT2D eigenvalue weighted by molar-refractivity contribution is 9.10. The molecule has 0 aliphatic carbocycles. The summed E-state index contributed by atoms with van der Waals surface area (Å²) in [5.41, 5.74) is 1.66. The van der Waals surface area contributed by atoms with Gasteiger partial charge in [0.25, 0.3) is 0 Å². The highest BCUT2D eigenvalue weighted by Gasteiger charge is 2.47. The van der Waals surface area contributed by atoms with Gasteiger partial charge in [-0.2, -0.15) is 4.31 Å². The van der Waals surface area contributed by atoms with E-state index in [1.165, 1.54) is 22.8 Å². The summed E-state index contributed by atoms with van der Waals surface area (Å²) in [5, 5.41) is 4.05. The van der Waals surface area contributed by atoms with E-state index < -0.39 is 21.7 Å². The molecule has 0 fully saturated rings. The molecule has 0 radical (unpaired) electrons. The lowest BCUT2D eigenvalue weighted by atomic mass is 9.87. The van der Waals surface area contributed by atoms with Crippen LogP contribution >= 0.6 is 15.9 Å². The predicted octanol–water partition coefficient (Wildman–Crippen LogP) is 6.44. The average molecular weight is 657 g/mol. The van der Waals surface area contributed by atoms with E-state index in [2.05, 4.69) is 36.2 Å². The van der Waals surface area contributed by atoms with Gasteiger partial charge in [0, 0.05) is 24.0 Å². The van der Waals surface area contributed by atoms with Crippen molar-refractivity contribution in [3.8, 4) is 5.75 Å². The second-order valence-electron chi connectivity index (χ2n) is 9.86. The Kier molecular flexibility index (Phi) is 8.76. The standard InChI is InChI=1S/C30H31BrFN5O4S/c1-4-37(42(38,39)5-2)20(3)30(12-7-13-41-30)28-16-24-26(17-33-28)34-19-35-29(24)36-23-10-11-27(25(31)15-23)40-18-21-8-6-9-22(32)14-21/h6-11,13-17,19-20H,4-5,12,18H2,1-3H3,(H,34,35,36). The van der Waals surface area contributed by atoms with Gasteiger partial charge in [-0.05, 0) is 77.8 Å². The number of nitrogens with one attached hydrogen (secondary N) is 1. The summed E-state index contributed by atoms with van der Waals surface area (Å²) in [5.74, 6) is 0.834. The predicted molar refractivity (Wildman–Crippen MR) is 163 cm³/mol. The van der Waals surface area contributed by atoms with Crippen LogP contribution in [-0.4, -0.2) is 46.0 Å². The van der Waals surface area contributed by atoms with Crippen LogP contribution in [0.4, 0.5) is 15.9 Å². The van der Waals surface area contributed by atoms with Crippen LogP contribution in [0.15, 0.2) is 77.9 Å². The molecule has 2 aromatic heterocycles. The topological polar surface area (TPSA) is 107 Å². The maximum Gasteiger partial charge on any atom is 0.214 e. The third-order valence-electron chi connectivity index (χ3n) is 7.37. The van der Waals surface area contributed by atoms with E-state index in [1.54, 1.807) is 31.5 Å². The van der Waals surface area contributed by atoms with Crippen LogP contribution in [0.25, 0.3) is 10.9 Å². The van der Waals surface area contributed by atoms with Gasteiger partial charge in [0.15, 0.2) is 5.60 Å². The molecule has 0 saturated heterocycles. The number of nitrogens with zero attached hydrogens (tertiary/aromatic N) is 4. The molecule has 0 saturated carbocycles. The molecule has 2 aromatic carbocycles. The molecule has 42 heavy (non-hydrogen) atoms. The van der Waals surface area contributed by atoms with Crippen molar-refractivity contribution in [2.45, 2.75) is 45.4 Å². The lowest BCUT2D eigenvalue weighted by molar-refractivity contribution is -0.0188. The molecule has 1 aliphatic rings. The molecule has 3 heterocycles. The first kappa shape index (κ1) is 29.9. The zero-order chi connectivity index (χ0) is 29.9. The minimum Gasteiger partial charge on any atom is -0.488 e. The van der Waals surface area contributed by atoms with Crippen LogP contribution in [0.3, 0.4) is 0 Å². The van der Waals surface area contributed by atoms with E-state index in [1.807, 2.05) is 44.2 Å². The van der Waals surface area contributed by atoms with Gasteiger partial charge in [-0.1, -0.05) is 19.1 Å². The molecular weight excluding hydrogens is 625 g/mol. The molecule has 4 aromatic rings. The van der Waals surface area contributed by atoms with Crippen molar-refractivity contribution in [3.05, 3.63) is 94.9 Å². The Bertz CT molecular complexity index is 1730. The summed E-state index contributed by atoms with van der Waals surface area (Å²) in [6.45, 7) is 5.84. The van der Waals surface area contributed by atoms with E-state index in [0.717, 1.165) is 11.3 Å². The van der Waals surface area contributed by atoms with Gasteiger partial charge in [0.05, 0.1) is 39.9 Å². The molecule has 0 bridgehead atoms. The number of benzene rings is 2. The fourth-order valence-electron chi connectivity index (χ4n) is 5.11. The first-order chi connectivity index (χ1) is 20.2. The fourth-order valence-corrected chi connectivity index (χ4v) is 6.98. The Morgan fingerprint density at radius 3 is 2.69 bits per heavy atom. The number of ether oxygens (including phenoxy) is 2. The monoisotopic (exact) mass is 655 g/mol. The lowest BCUT2D eigenvalue weighted by Gasteiger charge is -2.40. The van der Waals surface area contributed by atoms with Gasteiger partial charge < -0.3 is 14.8 Å². The Hall–Kier alpha value is -3.61. The maximum absolute atomic E-state index is 13.5. The van der Waals surface area contributed by atoms with Crippen LogP contribution in [0.2, 0.25) is 0 Å². The molecule has 0 amide bonds. The Labute approximate surface area is 253 Å². The molecule has 1 N–H and O–H groups in total. The molecule has 0 spiro atoms. The number of pyridine rings is 1. The molecule has 5 rings (SSSR count). The first-order valence-corrected chi connectivity index (χ1v) is 15.9. The van der Waals surface area contributed by atoms with Crippen molar-refractivity contribution in [2.24, 2.45) is 0 Å². The Balaban J connectivity index is 1.43. The van der Waals surface area contributed by atoms with Crippen LogP contribution in [0.1, 0.15) is 38.4 Å². The van der Waals surface area contributed by atoms with Crippen molar-refractivity contribution in [1.29, 1.82) is 0 Å². The molecule has 9 nitrogen and oxygen atoms in total. The Morgan fingerprint density at radius 1 is 1.17 bits per heavy atom. The highest BCUT2D eigenvalue weighted by Crippen LogP contribution is 2.41. The van der Waals surface area contributed by atoms with Gasteiger partial charge in [-0.25, -0.2) is 22.8 Å². The number of fused-ring (bicyclic) bond motifs is 1. The molecule has 1 aliphatic heterocycles. The number of rotatable bonds is 11. The lowest BCUT2D eigenvalue weighted by Crippen LogP contribution is -2.51. The van der Waals surface area contributed by atoms with Gasteiger partial charge in [-0.3, -0.25) is 4.98 Å². The average Bonchev–Trinajstić information content (AvgIpc) is 3.48. The van der Waals surface area contributed by atoms with Gasteiger partial charge in [-0.15, -0.1) is 0 Å². The van der Waals surface area contributed by atoms with Crippen molar-refractivity contribution in [1.82, 2.24) is 19.3 Å². The quantitative estimate of drug-likeness (QED) is 0.197. The molecule has 220 valence electrons. The third kappa shape index (κ3) is 5.97. The largest absolute Gasteiger partial charge is 0.488 e. The first-order valence-electron chi connectivity index (χ1n) is 13.5. The number of halogens is 2. The Morgan fingerprint density at radius 2 is 2.00 bits per heavy atom. The minimum atomic E-state index is -3.48. The number of hydrogen-bond acceptors (Lipinski definition) is 8. The number of sulfonamides is 1. The van der Waals surface area contributed by atoms with Crippen LogP contribution < -0.4 is 10.1 Å². The van der Waals surface area contributed by atoms with Crippen LogP contribution in [0, 0.1) is 5.82 Å². The summed E-state index contributed by atoms with van der Waals surface area (Å²) < 4.78 is 53.6. The minimum absolute atomic E-state index is 0.00799. The molecule has 12 heteroatoms. The molecule has 2 atom stereocenters. The molecular formula is C30H31BrFN5O4S. The van der Waals surface area contributed by atoms with Crippen molar-refractivity contribution in [2.75, 3.05) is 17.6 Å². The number of aromatic nitrogens is 3. The summed E-state index contributed by atoms with van der Waals surface area (Å²) >= 11 is 3.56. The van der Waals surface area contributed by atoms with E-state index in [4.69, 9.17) is 9.47 Å². The van der Waals surface area contributed by atoms with Gasteiger partial charge in [0.2, 0.25) is 10.0 Å². The summed E-state index contributed by atoms with van der Waals surface area (Å²) in [7, 11) is -3.48. The normalized spacial score (nSPS) is 17.4. The van der Waals surface area contributed by atoms with Crippen LogP contribution in [0.5, 0.6) is 5.75 Å². The van der Waals surface area contributed by atoms with Gasteiger partial charge >= 0.3 is 0 Å². The number of anilines is 2. The SMILES string of the molecule is CCN(C(C)C1(c2cc3c(Nc4ccc(OCc5cccc(F)c5)c(Br)c4)ncnc3cn2)CC=CO1)S(=O)(=O)CC. The van der Waals surface area contributed by atoms with Crippen LogP contribution in [-0.2, 0) is 27.0 Å². The van der Waals surface area contributed by atoms with Gasteiger partial charge in [0.1, 0.15) is 30.3 Å².